The van der Waals surface area contributed by atoms with Crippen LogP contribution in [0.1, 0.15) is 37.3 Å². The molecular formula is C15H22N2. The molecule has 0 spiro atoms. The highest BCUT2D eigenvalue weighted by molar-refractivity contribution is 5.58. The van der Waals surface area contributed by atoms with Gasteiger partial charge in [0.25, 0.3) is 0 Å². The van der Waals surface area contributed by atoms with Gasteiger partial charge in [0.1, 0.15) is 0 Å². The number of nitrogens with one attached hydrogen (secondary N) is 1. The molecule has 1 fully saturated rings. The minimum atomic E-state index is 0.413. The quantitative estimate of drug-likeness (QED) is 0.859. The summed E-state index contributed by atoms with van der Waals surface area (Å²) < 4.78 is 0. The maximum Gasteiger partial charge on any atom is 0.0397 e. The van der Waals surface area contributed by atoms with Crippen LogP contribution < -0.4 is 10.2 Å². The molecule has 1 aliphatic carbocycles. The molecule has 2 nitrogen and oxygen atoms in total. The van der Waals surface area contributed by atoms with Gasteiger partial charge >= 0.3 is 0 Å². The van der Waals surface area contributed by atoms with Gasteiger partial charge in [-0.1, -0.05) is 12.1 Å². The molecule has 1 aromatic carbocycles. The van der Waals surface area contributed by atoms with Crippen molar-refractivity contribution < 1.29 is 0 Å². The second-order valence-corrected chi connectivity index (χ2v) is 5.90. The first-order valence-corrected chi connectivity index (χ1v) is 6.74. The molecule has 0 aromatic heterocycles. The fraction of sp³-hybridized carbons (Fsp3) is 0.600. The molecule has 3 rings (SSSR count). The first-order valence-electron chi connectivity index (χ1n) is 6.74. The van der Waals surface area contributed by atoms with Crippen molar-refractivity contribution in [3.63, 3.8) is 0 Å². The number of likely N-dealkylation sites (N-methyl/N-ethyl adjacent to an activating group) is 1. The zero-order valence-electron chi connectivity index (χ0n) is 10.9. The summed E-state index contributed by atoms with van der Waals surface area (Å²) in [6.07, 6.45) is 5.26. The first-order chi connectivity index (χ1) is 8.16. The predicted molar refractivity (Wildman–Crippen MR) is 72.5 cm³/mol. The topological polar surface area (TPSA) is 15.3 Å². The molecule has 17 heavy (non-hydrogen) atoms. The highest BCUT2D eigenvalue weighted by Crippen LogP contribution is 2.32. The second-order valence-electron chi connectivity index (χ2n) is 5.90. The van der Waals surface area contributed by atoms with E-state index in [1.807, 2.05) is 0 Å². The molecule has 0 atom stereocenters. The third-order valence-electron chi connectivity index (χ3n) is 4.45. The summed E-state index contributed by atoms with van der Waals surface area (Å²) in [4.78, 5) is 2.35. The molecule has 0 amide bonds. The second kappa shape index (κ2) is 4.02. The maximum atomic E-state index is 3.70. The molecule has 0 unspecified atom stereocenters. The van der Waals surface area contributed by atoms with Gasteiger partial charge in [-0.2, -0.15) is 0 Å². The van der Waals surface area contributed by atoms with Gasteiger partial charge in [-0.25, -0.2) is 0 Å². The van der Waals surface area contributed by atoms with E-state index in [1.54, 1.807) is 0 Å². The van der Waals surface area contributed by atoms with Crippen molar-refractivity contribution in [3.8, 4) is 0 Å². The lowest BCUT2D eigenvalue weighted by atomic mass is 9.78. The number of hydrogen-bond donors (Lipinski definition) is 1. The van der Waals surface area contributed by atoms with Crippen LogP contribution in [0.4, 0.5) is 5.69 Å². The standard InChI is InChI=1S/C15H22N2/c1-15(7-3-8-15)16-11-12-4-5-14-13(10-12)6-9-17(14)2/h4-5,10,16H,3,6-9,11H2,1-2H3. The van der Waals surface area contributed by atoms with Gasteiger partial charge in [-0.05, 0) is 49.8 Å². The lowest BCUT2D eigenvalue weighted by Gasteiger charge is -2.39. The van der Waals surface area contributed by atoms with E-state index in [4.69, 9.17) is 0 Å². The monoisotopic (exact) mass is 230 g/mol. The Bertz CT molecular complexity index is 421. The lowest BCUT2D eigenvalue weighted by Crippen LogP contribution is -2.47. The van der Waals surface area contributed by atoms with E-state index in [0.29, 0.717) is 5.54 Å². The van der Waals surface area contributed by atoms with Crippen LogP contribution >= 0.6 is 0 Å². The van der Waals surface area contributed by atoms with Crippen LogP contribution in [0.15, 0.2) is 18.2 Å². The van der Waals surface area contributed by atoms with Crippen molar-refractivity contribution >= 4 is 5.69 Å². The smallest absolute Gasteiger partial charge is 0.0397 e. The van der Waals surface area contributed by atoms with Crippen LogP contribution in [0, 0.1) is 0 Å². The molecule has 1 aromatic rings. The zero-order valence-corrected chi connectivity index (χ0v) is 10.9. The van der Waals surface area contributed by atoms with Crippen LogP contribution in [0.25, 0.3) is 0 Å². The fourth-order valence-corrected chi connectivity index (χ4v) is 2.93. The summed E-state index contributed by atoms with van der Waals surface area (Å²) in [6, 6.07) is 6.94. The van der Waals surface area contributed by atoms with Crippen LogP contribution in [-0.2, 0) is 13.0 Å². The van der Waals surface area contributed by atoms with E-state index in [-0.39, 0.29) is 0 Å². The highest BCUT2D eigenvalue weighted by Gasteiger charge is 2.30. The van der Waals surface area contributed by atoms with Crippen LogP contribution in [0.3, 0.4) is 0 Å². The molecule has 1 heterocycles. The third-order valence-corrected chi connectivity index (χ3v) is 4.45. The van der Waals surface area contributed by atoms with Gasteiger partial charge in [-0.15, -0.1) is 0 Å². The highest BCUT2D eigenvalue weighted by atomic mass is 15.1. The Hall–Kier alpha value is -1.02. The van der Waals surface area contributed by atoms with Crippen molar-refractivity contribution in [3.05, 3.63) is 29.3 Å². The number of benzene rings is 1. The van der Waals surface area contributed by atoms with Gasteiger partial charge in [0.15, 0.2) is 0 Å². The van der Waals surface area contributed by atoms with Crippen molar-refractivity contribution in [2.24, 2.45) is 0 Å². The van der Waals surface area contributed by atoms with Crippen LogP contribution in [0.5, 0.6) is 0 Å². The van der Waals surface area contributed by atoms with Gasteiger partial charge in [0.2, 0.25) is 0 Å². The van der Waals surface area contributed by atoms with E-state index in [9.17, 15) is 0 Å². The molecule has 2 aliphatic rings. The van der Waals surface area contributed by atoms with E-state index in [2.05, 4.69) is 42.4 Å². The summed E-state index contributed by atoms with van der Waals surface area (Å²) >= 11 is 0. The molecule has 0 bridgehead atoms. The molecule has 0 saturated heterocycles. The lowest BCUT2D eigenvalue weighted by molar-refractivity contribution is 0.207. The first kappa shape index (κ1) is 11.1. The molecule has 1 aliphatic heterocycles. The Morgan fingerprint density at radius 3 is 2.88 bits per heavy atom. The van der Waals surface area contributed by atoms with Crippen molar-refractivity contribution in [2.45, 2.75) is 44.7 Å². The minimum Gasteiger partial charge on any atom is -0.374 e. The van der Waals surface area contributed by atoms with E-state index in [0.717, 1.165) is 6.54 Å². The summed E-state index contributed by atoms with van der Waals surface area (Å²) in [5.41, 5.74) is 4.79. The molecule has 2 heteroatoms. The Morgan fingerprint density at radius 1 is 1.35 bits per heavy atom. The van der Waals surface area contributed by atoms with Crippen molar-refractivity contribution in [2.75, 3.05) is 18.5 Å². The summed E-state index contributed by atoms with van der Waals surface area (Å²) in [5, 5.41) is 3.70. The van der Waals surface area contributed by atoms with E-state index < -0.39 is 0 Å². The number of hydrogen-bond acceptors (Lipinski definition) is 2. The average Bonchev–Trinajstić information content (AvgIpc) is 2.66. The fourth-order valence-electron chi connectivity index (χ4n) is 2.93. The average molecular weight is 230 g/mol. The maximum absolute atomic E-state index is 3.70. The Morgan fingerprint density at radius 2 is 2.18 bits per heavy atom. The molecule has 1 saturated carbocycles. The Balaban J connectivity index is 1.68. The minimum absolute atomic E-state index is 0.413. The van der Waals surface area contributed by atoms with E-state index in [1.165, 1.54) is 49.0 Å². The predicted octanol–water partition coefficient (Wildman–Crippen LogP) is 2.71. The molecule has 0 radical (unpaired) electrons. The SMILES string of the molecule is CN1CCc2cc(CNC3(C)CCC3)ccc21. The van der Waals surface area contributed by atoms with Crippen molar-refractivity contribution in [1.82, 2.24) is 5.32 Å². The number of fused-ring (bicyclic) bond motifs is 1. The summed E-state index contributed by atoms with van der Waals surface area (Å²) in [7, 11) is 2.18. The molecule has 1 N–H and O–H groups in total. The van der Waals surface area contributed by atoms with Gasteiger partial charge in [-0.3, -0.25) is 0 Å². The Labute approximate surface area is 104 Å². The van der Waals surface area contributed by atoms with Crippen LogP contribution in [0.2, 0.25) is 0 Å². The van der Waals surface area contributed by atoms with Gasteiger partial charge < -0.3 is 10.2 Å². The van der Waals surface area contributed by atoms with Gasteiger partial charge in [0.05, 0.1) is 0 Å². The van der Waals surface area contributed by atoms with Crippen molar-refractivity contribution in [1.29, 1.82) is 0 Å². The molecular weight excluding hydrogens is 208 g/mol. The number of rotatable bonds is 3. The summed E-state index contributed by atoms with van der Waals surface area (Å²) in [6.45, 7) is 4.54. The zero-order chi connectivity index (χ0) is 11.9. The number of anilines is 1. The normalized spacial score (nSPS) is 21.2. The summed E-state index contributed by atoms with van der Waals surface area (Å²) in [5.74, 6) is 0. The van der Waals surface area contributed by atoms with Gasteiger partial charge in [0, 0.05) is 31.4 Å². The van der Waals surface area contributed by atoms with E-state index >= 15 is 0 Å². The molecule has 92 valence electrons. The van der Waals surface area contributed by atoms with Crippen LogP contribution in [-0.4, -0.2) is 19.1 Å². The largest absolute Gasteiger partial charge is 0.374 e. The Kier molecular flexibility index (Phi) is 2.62. The third kappa shape index (κ3) is 2.06. The number of nitrogens with zero attached hydrogens (tertiary/aromatic N) is 1.